The third-order valence-electron chi connectivity index (χ3n) is 3.84. The van der Waals surface area contributed by atoms with E-state index in [1.807, 2.05) is 79.7 Å². The lowest BCUT2D eigenvalue weighted by Crippen LogP contribution is -2.28. The quantitative estimate of drug-likeness (QED) is 0.588. The van der Waals surface area contributed by atoms with Crippen LogP contribution in [-0.4, -0.2) is 11.1 Å². The summed E-state index contributed by atoms with van der Waals surface area (Å²) in [5.74, 6) is 1.36. The molecule has 0 saturated carbocycles. The fraction of sp³-hybridized carbons (Fsp3) is 0.0476. The molecule has 1 saturated heterocycles. The number of hydrogen-bond acceptors (Lipinski definition) is 4. The topological polar surface area (TPSA) is 45.8 Å². The maximum absolute atomic E-state index is 13.0. The number of hydrogen-bond donors (Lipinski definition) is 0. The number of para-hydroxylation sites is 2. The van der Waals surface area contributed by atoms with Crippen molar-refractivity contribution in [1.29, 1.82) is 0 Å². The first-order valence-electron chi connectivity index (χ1n) is 8.20. The largest absolute Gasteiger partial charge is 0.462 e. The molecule has 0 bridgehead atoms. The Morgan fingerprint density at radius 2 is 1.65 bits per heavy atom. The number of rotatable bonds is 3. The van der Waals surface area contributed by atoms with Crippen molar-refractivity contribution in [3.63, 3.8) is 0 Å². The highest BCUT2D eigenvalue weighted by molar-refractivity contribution is 8.19. The fourth-order valence-electron chi connectivity index (χ4n) is 2.63. The van der Waals surface area contributed by atoms with Crippen molar-refractivity contribution in [2.24, 2.45) is 4.99 Å². The molecule has 1 aliphatic rings. The molecular weight excluding hydrogens is 344 g/mol. The van der Waals surface area contributed by atoms with Gasteiger partial charge in [-0.1, -0.05) is 36.4 Å². The van der Waals surface area contributed by atoms with Crippen molar-refractivity contribution in [3.8, 4) is 0 Å². The van der Waals surface area contributed by atoms with Crippen LogP contribution in [-0.2, 0) is 4.79 Å². The van der Waals surface area contributed by atoms with Gasteiger partial charge in [0.25, 0.3) is 5.91 Å². The van der Waals surface area contributed by atoms with Gasteiger partial charge in [0.2, 0.25) is 0 Å². The van der Waals surface area contributed by atoms with Crippen molar-refractivity contribution in [2.45, 2.75) is 6.92 Å². The molecule has 0 radical (unpaired) electrons. The van der Waals surface area contributed by atoms with Gasteiger partial charge in [-0.15, -0.1) is 0 Å². The van der Waals surface area contributed by atoms with Crippen LogP contribution in [0, 0.1) is 6.92 Å². The van der Waals surface area contributed by atoms with Crippen LogP contribution in [0.5, 0.6) is 0 Å². The van der Waals surface area contributed by atoms with Crippen LogP contribution < -0.4 is 4.90 Å². The molecule has 1 fully saturated rings. The Hall–Kier alpha value is -3.05. The number of carbonyl (C=O) groups excluding carboxylic acids is 1. The monoisotopic (exact) mass is 360 g/mol. The van der Waals surface area contributed by atoms with E-state index in [0.29, 0.717) is 15.8 Å². The van der Waals surface area contributed by atoms with E-state index in [2.05, 4.69) is 4.99 Å². The van der Waals surface area contributed by atoms with E-state index in [1.54, 1.807) is 11.0 Å². The lowest BCUT2D eigenvalue weighted by molar-refractivity contribution is -0.113. The highest BCUT2D eigenvalue weighted by Crippen LogP contribution is 2.37. The van der Waals surface area contributed by atoms with Gasteiger partial charge in [0.05, 0.1) is 16.3 Å². The number of amidine groups is 1. The molecular formula is C21H16N2O2S. The fourth-order valence-corrected chi connectivity index (χ4v) is 3.61. The van der Waals surface area contributed by atoms with E-state index >= 15 is 0 Å². The molecule has 2 aromatic carbocycles. The number of furan rings is 1. The molecule has 4 nitrogen and oxygen atoms in total. The molecule has 4 rings (SSSR count). The molecule has 26 heavy (non-hydrogen) atoms. The molecule has 3 aromatic rings. The highest BCUT2D eigenvalue weighted by Gasteiger charge is 2.34. The van der Waals surface area contributed by atoms with E-state index < -0.39 is 0 Å². The molecule has 5 heteroatoms. The molecule has 0 aliphatic carbocycles. The van der Waals surface area contributed by atoms with Crippen molar-refractivity contribution in [3.05, 3.63) is 89.2 Å². The summed E-state index contributed by atoms with van der Waals surface area (Å²) in [4.78, 5) is 19.9. The number of anilines is 1. The van der Waals surface area contributed by atoms with Crippen LogP contribution in [0.2, 0.25) is 0 Å². The number of aryl methyl sites for hydroxylation is 1. The Morgan fingerprint density at radius 3 is 2.31 bits per heavy atom. The standard InChI is InChI=1S/C21H16N2O2S/c1-15-12-13-18(25-15)14-19-20(24)23(17-10-6-3-7-11-17)21(26-19)22-16-8-4-2-5-9-16/h2-14H,1H3/b19-14-,22-21?. The summed E-state index contributed by atoms with van der Waals surface area (Å²) in [5, 5.41) is 0.627. The molecule has 0 atom stereocenters. The van der Waals surface area contributed by atoms with Gasteiger partial charge >= 0.3 is 0 Å². The summed E-state index contributed by atoms with van der Waals surface area (Å²) < 4.78 is 5.59. The molecule has 0 spiro atoms. The van der Waals surface area contributed by atoms with Crippen molar-refractivity contribution in [2.75, 3.05) is 4.90 Å². The minimum absolute atomic E-state index is 0.107. The average Bonchev–Trinajstić information content (AvgIpc) is 3.20. The first-order valence-corrected chi connectivity index (χ1v) is 9.01. The molecule has 1 aromatic heterocycles. The lowest BCUT2D eigenvalue weighted by Gasteiger charge is -2.15. The summed E-state index contributed by atoms with van der Waals surface area (Å²) in [5.41, 5.74) is 1.59. The predicted octanol–water partition coefficient (Wildman–Crippen LogP) is 5.40. The Kier molecular flexibility index (Phi) is 4.46. The van der Waals surface area contributed by atoms with Gasteiger partial charge in [-0.2, -0.15) is 0 Å². The van der Waals surface area contributed by atoms with Gasteiger partial charge in [-0.25, -0.2) is 4.99 Å². The smallest absolute Gasteiger partial charge is 0.271 e. The summed E-state index contributed by atoms with van der Waals surface area (Å²) in [6.45, 7) is 1.88. The van der Waals surface area contributed by atoms with Gasteiger partial charge in [0.1, 0.15) is 11.5 Å². The molecule has 1 amide bonds. The zero-order chi connectivity index (χ0) is 17.9. The van der Waals surface area contributed by atoms with E-state index in [0.717, 1.165) is 17.1 Å². The third-order valence-corrected chi connectivity index (χ3v) is 4.81. The van der Waals surface area contributed by atoms with E-state index in [1.165, 1.54) is 11.8 Å². The molecule has 0 N–H and O–H groups in total. The Morgan fingerprint density at radius 1 is 0.962 bits per heavy atom. The van der Waals surface area contributed by atoms with Crippen molar-refractivity contribution < 1.29 is 9.21 Å². The van der Waals surface area contributed by atoms with Crippen LogP contribution in [0.4, 0.5) is 11.4 Å². The van der Waals surface area contributed by atoms with E-state index in [-0.39, 0.29) is 5.91 Å². The van der Waals surface area contributed by atoms with Crippen LogP contribution in [0.25, 0.3) is 6.08 Å². The highest BCUT2D eigenvalue weighted by atomic mass is 32.2. The van der Waals surface area contributed by atoms with Gasteiger partial charge in [-0.05, 0) is 55.1 Å². The van der Waals surface area contributed by atoms with Crippen LogP contribution >= 0.6 is 11.8 Å². The van der Waals surface area contributed by atoms with Crippen LogP contribution in [0.1, 0.15) is 11.5 Å². The second-order valence-electron chi connectivity index (χ2n) is 5.77. The third kappa shape index (κ3) is 3.34. The molecule has 1 aliphatic heterocycles. The van der Waals surface area contributed by atoms with Crippen LogP contribution in [0.15, 0.2) is 87.1 Å². The lowest BCUT2D eigenvalue weighted by atomic mass is 10.3. The Labute approximate surface area is 155 Å². The Bertz CT molecular complexity index is 991. The molecule has 2 heterocycles. The van der Waals surface area contributed by atoms with E-state index in [4.69, 9.17) is 4.42 Å². The van der Waals surface area contributed by atoms with Gasteiger partial charge < -0.3 is 4.42 Å². The normalized spacial score (nSPS) is 17.4. The maximum atomic E-state index is 13.0. The van der Waals surface area contributed by atoms with Gasteiger partial charge in [0, 0.05) is 6.08 Å². The number of nitrogens with zero attached hydrogens (tertiary/aromatic N) is 2. The number of carbonyl (C=O) groups is 1. The average molecular weight is 360 g/mol. The van der Waals surface area contributed by atoms with Crippen LogP contribution in [0.3, 0.4) is 0 Å². The Balaban J connectivity index is 1.77. The van der Waals surface area contributed by atoms with Crippen molar-refractivity contribution >= 4 is 40.3 Å². The number of thioether (sulfide) groups is 1. The first kappa shape index (κ1) is 16.4. The molecule has 128 valence electrons. The SMILES string of the molecule is Cc1ccc(/C=C2\SC(=Nc3ccccc3)N(c3ccccc3)C2=O)o1. The minimum Gasteiger partial charge on any atom is -0.462 e. The number of aliphatic imine (C=N–C) groups is 1. The summed E-state index contributed by atoms with van der Waals surface area (Å²) in [6.07, 6.45) is 1.77. The van der Waals surface area contributed by atoms with Gasteiger partial charge in [0.15, 0.2) is 5.17 Å². The minimum atomic E-state index is -0.107. The second-order valence-corrected chi connectivity index (χ2v) is 6.77. The zero-order valence-electron chi connectivity index (χ0n) is 14.1. The number of amides is 1. The second kappa shape index (κ2) is 7.06. The molecule has 0 unspecified atom stereocenters. The summed E-state index contributed by atoms with van der Waals surface area (Å²) in [6, 6.07) is 22.9. The number of benzene rings is 2. The van der Waals surface area contributed by atoms with Crippen molar-refractivity contribution in [1.82, 2.24) is 0 Å². The van der Waals surface area contributed by atoms with Gasteiger partial charge in [-0.3, -0.25) is 9.69 Å². The summed E-state index contributed by atoms with van der Waals surface area (Å²) in [7, 11) is 0. The maximum Gasteiger partial charge on any atom is 0.271 e. The predicted molar refractivity (Wildman–Crippen MR) is 106 cm³/mol. The first-order chi connectivity index (χ1) is 12.7. The summed E-state index contributed by atoms with van der Waals surface area (Å²) >= 11 is 1.35. The van der Waals surface area contributed by atoms with E-state index in [9.17, 15) is 4.79 Å². The zero-order valence-corrected chi connectivity index (χ0v) is 14.9.